The fourth-order valence-corrected chi connectivity index (χ4v) is 2.49. The number of nitrogens with zero attached hydrogens (tertiary/aromatic N) is 1. The normalized spacial score (nSPS) is 13.1. The van der Waals surface area contributed by atoms with Crippen molar-refractivity contribution in [2.45, 2.75) is 24.3 Å². The number of sulfonamides is 1. The van der Waals surface area contributed by atoms with Crippen LogP contribution in [0.25, 0.3) is 0 Å². The first kappa shape index (κ1) is 14.4. The third kappa shape index (κ3) is 3.28. The molecule has 1 aromatic heterocycles. The van der Waals surface area contributed by atoms with Gasteiger partial charge in [-0.25, -0.2) is 18.5 Å². The summed E-state index contributed by atoms with van der Waals surface area (Å²) < 4.78 is 22.8. The zero-order valence-corrected chi connectivity index (χ0v) is 11.8. The van der Waals surface area contributed by atoms with Gasteiger partial charge < -0.3 is 16.0 Å². The van der Waals surface area contributed by atoms with E-state index in [1.807, 2.05) is 6.92 Å². The van der Waals surface area contributed by atoms with Crippen LogP contribution in [0.3, 0.4) is 0 Å². The van der Waals surface area contributed by atoms with Crippen molar-refractivity contribution in [3.63, 3.8) is 0 Å². The van der Waals surface area contributed by atoms with Gasteiger partial charge in [0.05, 0.1) is 10.9 Å². The molecular weight excluding hydrogens is 278 g/mol. The van der Waals surface area contributed by atoms with Crippen LogP contribution in [0.1, 0.15) is 25.2 Å². The lowest BCUT2D eigenvalue weighted by molar-refractivity contribution is 0.598. The molecule has 0 aliphatic rings. The molecule has 0 saturated heterocycles. The van der Waals surface area contributed by atoms with Crippen molar-refractivity contribution in [2.75, 3.05) is 11.1 Å². The molecule has 0 radical (unpaired) electrons. The molecule has 0 fully saturated rings. The van der Waals surface area contributed by atoms with Crippen LogP contribution >= 0.6 is 0 Å². The number of benzene rings is 1. The van der Waals surface area contributed by atoms with Gasteiger partial charge in [0.15, 0.2) is 0 Å². The lowest BCUT2D eigenvalue weighted by Gasteiger charge is -2.17. The highest BCUT2D eigenvalue weighted by Crippen LogP contribution is 2.24. The average molecular weight is 295 g/mol. The maximum absolute atomic E-state index is 11.4. The molecule has 7 nitrogen and oxygen atoms in total. The molecule has 1 heterocycles. The molecule has 0 saturated carbocycles. The van der Waals surface area contributed by atoms with E-state index in [-0.39, 0.29) is 10.9 Å². The van der Waals surface area contributed by atoms with Crippen LogP contribution in [0.2, 0.25) is 0 Å². The minimum absolute atomic E-state index is 0.0192. The number of hydrogen-bond acceptors (Lipinski definition) is 5. The second-order valence-electron chi connectivity index (χ2n) is 4.42. The highest BCUT2D eigenvalue weighted by Gasteiger charge is 2.14. The van der Waals surface area contributed by atoms with Gasteiger partial charge in [-0.15, -0.1) is 0 Å². The number of primary sulfonamides is 1. The fourth-order valence-electron chi connectivity index (χ4n) is 1.90. The number of H-pyrrole nitrogens is 1. The second kappa shape index (κ2) is 5.51. The molecule has 2 rings (SSSR count). The van der Waals surface area contributed by atoms with Crippen molar-refractivity contribution in [1.82, 2.24) is 9.97 Å². The average Bonchev–Trinajstić information content (AvgIpc) is 2.88. The van der Waals surface area contributed by atoms with Crippen molar-refractivity contribution in [3.05, 3.63) is 36.4 Å². The number of hydrogen-bond donors (Lipinski definition) is 4. The monoisotopic (exact) mass is 295 g/mol. The summed E-state index contributed by atoms with van der Waals surface area (Å²) in [6, 6.07) is 4.37. The van der Waals surface area contributed by atoms with E-state index in [2.05, 4.69) is 15.3 Å². The molecule has 6 N–H and O–H groups in total. The molecule has 1 unspecified atom stereocenters. The van der Waals surface area contributed by atoms with Crippen molar-refractivity contribution < 1.29 is 8.42 Å². The van der Waals surface area contributed by atoms with Gasteiger partial charge in [-0.1, -0.05) is 6.92 Å². The molecule has 0 amide bonds. The van der Waals surface area contributed by atoms with E-state index in [9.17, 15) is 8.42 Å². The van der Waals surface area contributed by atoms with Crippen LogP contribution in [0.4, 0.5) is 11.4 Å². The van der Waals surface area contributed by atoms with Crippen LogP contribution in [-0.4, -0.2) is 18.4 Å². The molecule has 2 aromatic rings. The van der Waals surface area contributed by atoms with Crippen LogP contribution in [-0.2, 0) is 10.0 Å². The van der Waals surface area contributed by atoms with Gasteiger partial charge in [0.1, 0.15) is 5.82 Å². The molecular formula is C12H17N5O2S. The maximum Gasteiger partial charge on any atom is 0.238 e. The van der Waals surface area contributed by atoms with Gasteiger partial charge in [0, 0.05) is 23.8 Å². The summed E-state index contributed by atoms with van der Waals surface area (Å²) in [7, 11) is -3.79. The Morgan fingerprint density at radius 1 is 1.40 bits per heavy atom. The van der Waals surface area contributed by atoms with Crippen LogP contribution in [0.5, 0.6) is 0 Å². The van der Waals surface area contributed by atoms with Crippen molar-refractivity contribution in [2.24, 2.45) is 5.14 Å². The molecule has 108 valence electrons. The fraction of sp³-hybridized carbons (Fsp3) is 0.250. The zero-order chi connectivity index (χ0) is 14.8. The molecule has 20 heavy (non-hydrogen) atoms. The molecule has 0 bridgehead atoms. The summed E-state index contributed by atoms with van der Waals surface area (Å²) in [6.45, 7) is 1.99. The number of nitrogens with one attached hydrogen (secondary N) is 2. The number of nitrogens with two attached hydrogens (primary N) is 2. The van der Waals surface area contributed by atoms with Crippen molar-refractivity contribution >= 4 is 21.4 Å². The van der Waals surface area contributed by atoms with E-state index in [0.29, 0.717) is 11.4 Å². The summed E-state index contributed by atoms with van der Waals surface area (Å²) in [5, 5.41) is 8.31. The van der Waals surface area contributed by atoms with Crippen LogP contribution in [0.15, 0.2) is 35.5 Å². The zero-order valence-electron chi connectivity index (χ0n) is 11.0. The Morgan fingerprint density at radius 2 is 2.15 bits per heavy atom. The number of aromatic nitrogens is 2. The van der Waals surface area contributed by atoms with Gasteiger partial charge in [-0.3, -0.25) is 0 Å². The quantitative estimate of drug-likeness (QED) is 0.616. The Kier molecular flexibility index (Phi) is 3.96. The Labute approximate surface area is 117 Å². The largest absolute Gasteiger partial charge is 0.399 e. The molecule has 0 aliphatic carbocycles. The van der Waals surface area contributed by atoms with Crippen LogP contribution < -0.4 is 16.2 Å². The lowest BCUT2D eigenvalue weighted by atomic mass is 10.2. The summed E-state index contributed by atoms with van der Waals surface area (Å²) >= 11 is 0. The van der Waals surface area contributed by atoms with Gasteiger partial charge in [0.25, 0.3) is 0 Å². The SMILES string of the molecule is CCC(Nc1cc(N)cc(S(N)(=O)=O)c1)c1ncc[nH]1. The van der Waals surface area contributed by atoms with Crippen molar-refractivity contribution in [1.29, 1.82) is 0 Å². The molecule has 1 atom stereocenters. The highest BCUT2D eigenvalue weighted by molar-refractivity contribution is 7.89. The van der Waals surface area contributed by atoms with E-state index in [0.717, 1.165) is 12.2 Å². The standard InChI is InChI=1S/C12H17N5O2S/c1-2-11(12-15-3-4-16-12)17-9-5-8(13)6-10(7-9)20(14,18)19/h3-7,11,17H,2,13H2,1H3,(H,15,16)(H2,14,18,19). The topological polar surface area (TPSA) is 127 Å². The minimum Gasteiger partial charge on any atom is -0.399 e. The number of rotatable bonds is 5. The van der Waals surface area contributed by atoms with E-state index in [1.54, 1.807) is 18.5 Å². The van der Waals surface area contributed by atoms with Gasteiger partial charge >= 0.3 is 0 Å². The van der Waals surface area contributed by atoms with E-state index in [4.69, 9.17) is 10.9 Å². The Balaban J connectivity index is 2.31. The number of imidazole rings is 1. The first-order valence-corrected chi connectivity index (χ1v) is 7.64. The van der Waals surface area contributed by atoms with Gasteiger partial charge in [-0.2, -0.15) is 0 Å². The Hall–Kier alpha value is -2.06. The molecule has 0 aliphatic heterocycles. The van der Waals surface area contributed by atoms with E-state index < -0.39 is 10.0 Å². The second-order valence-corrected chi connectivity index (χ2v) is 5.98. The first-order chi connectivity index (χ1) is 9.40. The van der Waals surface area contributed by atoms with E-state index >= 15 is 0 Å². The molecule has 1 aromatic carbocycles. The lowest BCUT2D eigenvalue weighted by Crippen LogP contribution is -2.15. The summed E-state index contributed by atoms with van der Waals surface area (Å²) in [4.78, 5) is 7.19. The number of anilines is 2. The van der Waals surface area contributed by atoms with Crippen molar-refractivity contribution in [3.8, 4) is 0 Å². The van der Waals surface area contributed by atoms with Crippen LogP contribution in [0, 0.1) is 0 Å². The predicted molar refractivity (Wildman–Crippen MR) is 77.5 cm³/mol. The van der Waals surface area contributed by atoms with Gasteiger partial charge in [-0.05, 0) is 24.6 Å². The predicted octanol–water partition coefficient (Wildman–Crippen LogP) is 1.20. The molecule has 0 spiro atoms. The third-order valence-corrected chi connectivity index (χ3v) is 3.75. The maximum atomic E-state index is 11.4. The summed E-state index contributed by atoms with van der Waals surface area (Å²) in [5.74, 6) is 0.770. The summed E-state index contributed by atoms with van der Waals surface area (Å²) in [5.41, 5.74) is 6.62. The smallest absolute Gasteiger partial charge is 0.238 e. The van der Waals surface area contributed by atoms with Gasteiger partial charge in [0.2, 0.25) is 10.0 Å². The Bertz CT molecular complexity index is 682. The minimum atomic E-state index is -3.79. The first-order valence-electron chi connectivity index (χ1n) is 6.09. The highest BCUT2D eigenvalue weighted by atomic mass is 32.2. The summed E-state index contributed by atoms with van der Waals surface area (Å²) in [6.07, 6.45) is 4.16. The van der Waals surface area contributed by atoms with E-state index in [1.165, 1.54) is 12.1 Å². The molecule has 8 heteroatoms. The third-order valence-electron chi connectivity index (χ3n) is 2.86. The number of aromatic amines is 1. The Morgan fingerprint density at radius 3 is 2.70 bits per heavy atom. The number of nitrogen functional groups attached to an aromatic ring is 1.